The predicted octanol–water partition coefficient (Wildman–Crippen LogP) is 9.20. The van der Waals surface area contributed by atoms with Crippen LogP contribution in [0.15, 0.2) is 109 Å². The van der Waals surface area contributed by atoms with Crippen LogP contribution in [0.5, 0.6) is 0 Å². The lowest BCUT2D eigenvalue weighted by Gasteiger charge is -2.15. The molecule has 0 aliphatic heterocycles. The molecule has 0 aromatic heterocycles. The predicted molar refractivity (Wildman–Crippen MR) is 174 cm³/mol. The summed E-state index contributed by atoms with van der Waals surface area (Å²) in [5.41, 5.74) is 6.97. The molecule has 0 saturated heterocycles. The lowest BCUT2D eigenvalue weighted by Crippen LogP contribution is -2.26. The summed E-state index contributed by atoms with van der Waals surface area (Å²) >= 11 is 0. The minimum atomic E-state index is -0.00941. The van der Waals surface area contributed by atoms with E-state index in [0.29, 0.717) is 12.8 Å². The Hall–Kier alpha value is -4.18. The molecule has 0 aliphatic rings. The number of benzene rings is 4. The lowest BCUT2D eigenvalue weighted by molar-refractivity contribution is -0.122. The number of nitrogens with one attached hydrogen (secondary N) is 2. The second kappa shape index (κ2) is 16.3. The van der Waals surface area contributed by atoms with Crippen molar-refractivity contribution >= 4 is 11.8 Å². The molecule has 0 fully saturated rings. The van der Waals surface area contributed by atoms with Gasteiger partial charge >= 0.3 is 0 Å². The second-order valence-electron chi connectivity index (χ2n) is 11.2. The lowest BCUT2D eigenvalue weighted by atomic mass is 10.0. The van der Waals surface area contributed by atoms with E-state index in [4.69, 9.17) is 0 Å². The van der Waals surface area contributed by atoms with Crippen molar-refractivity contribution in [3.05, 3.63) is 120 Å². The molecule has 4 nitrogen and oxygen atoms in total. The van der Waals surface area contributed by atoms with Gasteiger partial charge in [-0.1, -0.05) is 135 Å². The first-order valence-electron chi connectivity index (χ1n) is 15.4. The van der Waals surface area contributed by atoms with Crippen LogP contribution in [0.3, 0.4) is 0 Å². The van der Waals surface area contributed by atoms with E-state index in [1.807, 2.05) is 50.2 Å². The molecule has 2 amide bonds. The highest BCUT2D eigenvalue weighted by Gasteiger charge is 2.11. The van der Waals surface area contributed by atoms with Crippen LogP contribution < -0.4 is 10.6 Å². The summed E-state index contributed by atoms with van der Waals surface area (Å²) in [6.45, 7) is 4.07. The average molecular weight is 561 g/mol. The number of rotatable bonds is 15. The normalized spacial score (nSPS) is 12.3. The van der Waals surface area contributed by atoms with E-state index in [2.05, 4.69) is 83.4 Å². The third kappa shape index (κ3) is 9.73. The number of unbranched alkanes of at least 4 members (excludes halogenated alkanes) is 5. The molecule has 2 atom stereocenters. The molecule has 4 aromatic carbocycles. The minimum absolute atomic E-state index is 0.00941. The first-order valence-corrected chi connectivity index (χ1v) is 15.4. The van der Waals surface area contributed by atoms with E-state index in [1.54, 1.807) is 0 Å². The smallest absolute Gasteiger partial charge is 0.220 e. The van der Waals surface area contributed by atoms with Gasteiger partial charge in [-0.25, -0.2) is 0 Å². The Bertz CT molecular complexity index is 1260. The van der Waals surface area contributed by atoms with E-state index < -0.39 is 0 Å². The maximum Gasteiger partial charge on any atom is 0.220 e. The number of carbonyl (C=O) groups excluding carboxylic acids is 2. The van der Waals surface area contributed by atoms with E-state index in [0.717, 1.165) is 49.7 Å². The van der Waals surface area contributed by atoms with Crippen molar-refractivity contribution in [3.8, 4) is 22.3 Å². The van der Waals surface area contributed by atoms with Gasteiger partial charge < -0.3 is 10.6 Å². The van der Waals surface area contributed by atoms with Gasteiger partial charge in [-0.15, -0.1) is 0 Å². The fourth-order valence-corrected chi connectivity index (χ4v) is 5.26. The van der Waals surface area contributed by atoms with E-state index in [9.17, 15) is 9.59 Å². The van der Waals surface area contributed by atoms with E-state index in [-0.39, 0.29) is 23.9 Å². The van der Waals surface area contributed by atoms with Gasteiger partial charge in [0.25, 0.3) is 0 Å². The van der Waals surface area contributed by atoms with Gasteiger partial charge in [0.2, 0.25) is 11.8 Å². The Kier molecular flexibility index (Phi) is 11.9. The van der Waals surface area contributed by atoms with E-state index >= 15 is 0 Å². The summed E-state index contributed by atoms with van der Waals surface area (Å²) in [5, 5.41) is 6.27. The fraction of sp³-hybridized carbons (Fsp3) is 0.316. The highest BCUT2D eigenvalue weighted by atomic mass is 16.2. The fourth-order valence-electron chi connectivity index (χ4n) is 5.26. The first-order chi connectivity index (χ1) is 20.5. The standard InChI is InChI=1S/C38H44N2O2/c1-29(31-21-25-35(26-22-31)33-15-9-7-10-16-33)39-37(41)19-13-5-3-4-6-14-20-38(42)40-30(2)32-23-27-36(28-24-32)34-17-11-8-12-18-34/h7-12,15-18,21-30H,3-6,13-14,19-20H2,1-2H3,(H,39,41)(H,40,42). The molecule has 4 rings (SSSR count). The average Bonchev–Trinajstić information content (AvgIpc) is 3.03. The Labute approximate surface area is 251 Å². The monoisotopic (exact) mass is 560 g/mol. The molecule has 0 radical (unpaired) electrons. The molecule has 0 heterocycles. The summed E-state index contributed by atoms with van der Waals surface area (Å²) < 4.78 is 0. The maximum atomic E-state index is 12.4. The summed E-state index contributed by atoms with van der Waals surface area (Å²) in [7, 11) is 0. The van der Waals surface area contributed by atoms with Gasteiger partial charge in [-0.05, 0) is 60.1 Å². The molecule has 0 bridgehead atoms. The van der Waals surface area contributed by atoms with Gasteiger partial charge in [0, 0.05) is 12.8 Å². The van der Waals surface area contributed by atoms with Crippen molar-refractivity contribution in [2.45, 2.75) is 77.3 Å². The Morgan fingerprint density at radius 1 is 0.452 bits per heavy atom. The Balaban J connectivity index is 1.03. The topological polar surface area (TPSA) is 58.2 Å². The molecule has 218 valence electrons. The highest BCUT2D eigenvalue weighted by molar-refractivity contribution is 5.77. The third-order valence-electron chi connectivity index (χ3n) is 7.85. The van der Waals surface area contributed by atoms with Crippen LogP contribution >= 0.6 is 0 Å². The van der Waals surface area contributed by atoms with Crippen molar-refractivity contribution in [3.63, 3.8) is 0 Å². The molecule has 2 unspecified atom stereocenters. The van der Waals surface area contributed by atoms with Gasteiger partial charge in [-0.2, -0.15) is 0 Å². The zero-order valence-electron chi connectivity index (χ0n) is 25.0. The zero-order chi connectivity index (χ0) is 29.6. The van der Waals surface area contributed by atoms with Crippen molar-refractivity contribution < 1.29 is 9.59 Å². The van der Waals surface area contributed by atoms with Crippen LogP contribution in [0.1, 0.15) is 88.4 Å². The molecule has 0 spiro atoms. The maximum absolute atomic E-state index is 12.4. The first kappa shape index (κ1) is 30.8. The molecule has 42 heavy (non-hydrogen) atoms. The molecule has 2 N–H and O–H groups in total. The van der Waals surface area contributed by atoms with Crippen LogP contribution in [0, 0.1) is 0 Å². The van der Waals surface area contributed by atoms with Gasteiger partial charge in [0.05, 0.1) is 12.1 Å². The van der Waals surface area contributed by atoms with Crippen LogP contribution in [-0.4, -0.2) is 11.8 Å². The Morgan fingerprint density at radius 3 is 1.12 bits per heavy atom. The number of carbonyl (C=O) groups is 2. The molecule has 0 aliphatic carbocycles. The van der Waals surface area contributed by atoms with Crippen LogP contribution in [-0.2, 0) is 9.59 Å². The summed E-state index contributed by atoms with van der Waals surface area (Å²) in [6, 6.07) is 37.4. The highest BCUT2D eigenvalue weighted by Crippen LogP contribution is 2.23. The molecule has 4 aromatic rings. The summed E-state index contributed by atoms with van der Waals surface area (Å²) in [4.78, 5) is 24.9. The number of amides is 2. The van der Waals surface area contributed by atoms with Gasteiger partial charge in [-0.3, -0.25) is 9.59 Å². The third-order valence-corrected chi connectivity index (χ3v) is 7.85. The largest absolute Gasteiger partial charge is 0.350 e. The van der Waals surface area contributed by atoms with E-state index in [1.165, 1.54) is 22.3 Å². The van der Waals surface area contributed by atoms with Crippen molar-refractivity contribution in [2.24, 2.45) is 0 Å². The molecule has 4 heteroatoms. The van der Waals surface area contributed by atoms with Crippen LogP contribution in [0.25, 0.3) is 22.3 Å². The summed E-state index contributed by atoms with van der Waals surface area (Å²) in [6.07, 6.45) is 7.16. The zero-order valence-corrected chi connectivity index (χ0v) is 25.0. The second-order valence-corrected chi connectivity index (χ2v) is 11.2. The molecule has 0 saturated carbocycles. The Morgan fingerprint density at radius 2 is 0.762 bits per heavy atom. The van der Waals surface area contributed by atoms with Crippen molar-refractivity contribution in [2.75, 3.05) is 0 Å². The van der Waals surface area contributed by atoms with Crippen molar-refractivity contribution in [1.29, 1.82) is 0 Å². The van der Waals surface area contributed by atoms with Gasteiger partial charge in [0.15, 0.2) is 0 Å². The van der Waals surface area contributed by atoms with Crippen molar-refractivity contribution in [1.82, 2.24) is 10.6 Å². The van der Waals surface area contributed by atoms with Gasteiger partial charge in [0.1, 0.15) is 0 Å². The number of hydrogen-bond acceptors (Lipinski definition) is 2. The number of hydrogen-bond donors (Lipinski definition) is 2. The minimum Gasteiger partial charge on any atom is -0.350 e. The SMILES string of the molecule is CC(NC(=O)CCCCCCCCC(=O)NC(C)c1ccc(-c2ccccc2)cc1)c1ccc(-c2ccccc2)cc1. The molecular formula is C38H44N2O2. The van der Waals surface area contributed by atoms with Crippen LogP contribution in [0.2, 0.25) is 0 Å². The molecular weight excluding hydrogens is 516 g/mol. The quantitative estimate of drug-likeness (QED) is 0.142. The summed E-state index contributed by atoms with van der Waals surface area (Å²) in [5.74, 6) is 0.213. The van der Waals surface area contributed by atoms with Crippen LogP contribution in [0.4, 0.5) is 0 Å².